The normalized spacial score (nSPS) is 17.8. The van der Waals surface area contributed by atoms with Crippen molar-refractivity contribution in [3.63, 3.8) is 0 Å². The van der Waals surface area contributed by atoms with Gasteiger partial charge in [0.05, 0.1) is 34.5 Å². The number of thioether (sulfide) groups is 1. The summed E-state index contributed by atoms with van der Waals surface area (Å²) in [5.41, 5.74) is 2.87. The van der Waals surface area contributed by atoms with Gasteiger partial charge in [0.1, 0.15) is 11.8 Å². The molecule has 2 aliphatic rings. The molecule has 9 nitrogen and oxygen atoms in total. The molecular weight excluding hydrogens is 510 g/mol. The zero-order chi connectivity index (χ0) is 26.0. The number of likely N-dealkylation sites (tertiary alicyclic amines) is 1. The molecule has 1 aromatic heterocycles. The van der Waals surface area contributed by atoms with Gasteiger partial charge in [0.25, 0.3) is 0 Å². The molecule has 1 saturated heterocycles. The van der Waals surface area contributed by atoms with Crippen molar-refractivity contribution in [2.45, 2.75) is 22.6 Å². The third kappa shape index (κ3) is 5.57. The van der Waals surface area contributed by atoms with E-state index in [1.165, 1.54) is 17.8 Å². The summed E-state index contributed by atoms with van der Waals surface area (Å²) in [5.74, 6) is 1.11. The van der Waals surface area contributed by atoms with E-state index in [0.717, 1.165) is 53.2 Å². The number of rotatable bonds is 8. The van der Waals surface area contributed by atoms with E-state index in [1.807, 2.05) is 18.2 Å². The van der Waals surface area contributed by atoms with Crippen LogP contribution in [0.2, 0.25) is 0 Å². The fourth-order valence-electron chi connectivity index (χ4n) is 4.81. The van der Waals surface area contributed by atoms with Crippen molar-refractivity contribution in [2.24, 2.45) is 5.92 Å². The lowest BCUT2D eigenvalue weighted by atomic mass is 10.0. The molecular formula is C26H27N5O4S2. The number of sulfonamides is 1. The molecule has 1 amide bonds. The van der Waals surface area contributed by atoms with Crippen LogP contribution in [-0.2, 0) is 21.2 Å². The van der Waals surface area contributed by atoms with Gasteiger partial charge < -0.3 is 15.0 Å². The van der Waals surface area contributed by atoms with Crippen LogP contribution in [0.5, 0.6) is 5.75 Å². The second-order valence-corrected chi connectivity index (χ2v) is 12.0. The van der Waals surface area contributed by atoms with Crippen LogP contribution >= 0.6 is 11.8 Å². The smallest absolute Gasteiger partial charge is 0.240 e. The predicted molar refractivity (Wildman–Crippen MR) is 142 cm³/mol. The molecule has 1 atom stereocenters. The number of carbonyl (C=O) groups excluding carboxylic acids is 1. The summed E-state index contributed by atoms with van der Waals surface area (Å²) in [5, 5.41) is 13.3. The Bertz CT molecular complexity index is 1500. The highest BCUT2D eigenvalue weighted by Gasteiger charge is 2.26. The van der Waals surface area contributed by atoms with Gasteiger partial charge in [0.2, 0.25) is 15.9 Å². The molecule has 0 bridgehead atoms. The Morgan fingerprint density at radius 3 is 2.97 bits per heavy atom. The first-order valence-electron chi connectivity index (χ1n) is 12.0. The number of benzene rings is 2. The molecule has 11 heteroatoms. The number of fused-ring (bicyclic) bond motifs is 2. The Hall–Kier alpha value is -3.17. The highest BCUT2D eigenvalue weighted by molar-refractivity contribution is 8.00. The number of amides is 1. The zero-order valence-corrected chi connectivity index (χ0v) is 22.0. The Kier molecular flexibility index (Phi) is 7.35. The van der Waals surface area contributed by atoms with E-state index >= 15 is 0 Å². The topological polar surface area (TPSA) is 124 Å². The minimum atomic E-state index is -3.70. The van der Waals surface area contributed by atoms with Gasteiger partial charge >= 0.3 is 0 Å². The Morgan fingerprint density at radius 2 is 2.16 bits per heavy atom. The lowest BCUT2D eigenvalue weighted by molar-refractivity contribution is -0.113. The number of nitrogens with zero attached hydrogens (tertiary/aromatic N) is 3. The first kappa shape index (κ1) is 25.5. The van der Waals surface area contributed by atoms with Crippen molar-refractivity contribution in [1.82, 2.24) is 14.6 Å². The summed E-state index contributed by atoms with van der Waals surface area (Å²) in [6, 6.07) is 12.8. The van der Waals surface area contributed by atoms with Crippen molar-refractivity contribution in [3.8, 4) is 11.8 Å². The predicted octanol–water partition coefficient (Wildman–Crippen LogP) is 3.00. The maximum Gasteiger partial charge on any atom is 0.240 e. The van der Waals surface area contributed by atoms with Crippen molar-refractivity contribution < 1.29 is 17.9 Å². The van der Waals surface area contributed by atoms with E-state index < -0.39 is 10.0 Å². The second-order valence-electron chi connectivity index (χ2n) is 9.20. The molecule has 3 aromatic rings. The summed E-state index contributed by atoms with van der Waals surface area (Å²) in [7, 11) is -2.08. The third-order valence-electron chi connectivity index (χ3n) is 6.81. The number of anilines is 1. The van der Waals surface area contributed by atoms with Crippen LogP contribution in [-0.4, -0.2) is 63.3 Å². The van der Waals surface area contributed by atoms with Crippen LogP contribution in [0.15, 0.2) is 52.4 Å². The van der Waals surface area contributed by atoms with Crippen LogP contribution in [0.4, 0.5) is 5.69 Å². The van der Waals surface area contributed by atoms with E-state index in [2.05, 4.69) is 26.0 Å². The molecule has 3 heterocycles. The minimum absolute atomic E-state index is 0.133. The second kappa shape index (κ2) is 10.7. The number of methoxy groups -OCH3 is 1. The molecule has 5 rings (SSSR count). The molecule has 0 radical (unpaired) electrons. The number of nitriles is 1. The number of pyridine rings is 1. The number of aromatic nitrogens is 1. The van der Waals surface area contributed by atoms with Crippen LogP contribution in [0.3, 0.4) is 0 Å². The van der Waals surface area contributed by atoms with Crippen molar-refractivity contribution >= 4 is 44.3 Å². The maximum atomic E-state index is 12.9. The summed E-state index contributed by atoms with van der Waals surface area (Å²) in [6.07, 6.45) is 3.19. The summed E-state index contributed by atoms with van der Waals surface area (Å²) in [4.78, 5) is 19.4. The van der Waals surface area contributed by atoms with Crippen molar-refractivity contribution in [1.29, 1.82) is 5.26 Å². The summed E-state index contributed by atoms with van der Waals surface area (Å²) < 4.78 is 33.9. The largest absolute Gasteiger partial charge is 0.497 e. The van der Waals surface area contributed by atoms with Gasteiger partial charge in [-0.3, -0.25) is 9.78 Å². The van der Waals surface area contributed by atoms with Crippen LogP contribution in [0, 0.1) is 17.2 Å². The monoisotopic (exact) mass is 537 g/mol. The average Bonchev–Trinajstić information content (AvgIpc) is 3.37. The fraction of sp³-hybridized carbons (Fsp3) is 0.346. The van der Waals surface area contributed by atoms with Gasteiger partial charge in [0, 0.05) is 36.1 Å². The van der Waals surface area contributed by atoms with Crippen LogP contribution in [0.25, 0.3) is 10.9 Å². The molecule has 37 heavy (non-hydrogen) atoms. The van der Waals surface area contributed by atoms with E-state index in [-0.39, 0.29) is 16.7 Å². The molecule has 1 fully saturated rings. The van der Waals surface area contributed by atoms with Crippen molar-refractivity contribution in [3.05, 3.63) is 53.7 Å². The van der Waals surface area contributed by atoms with Crippen LogP contribution < -0.4 is 14.8 Å². The van der Waals surface area contributed by atoms with Gasteiger partial charge in [-0.25, -0.2) is 13.1 Å². The lowest BCUT2D eigenvalue weighted by Crippen LogP contribution is -2.31. The molecule has 0 aliphatic carbocycles. The Morgan fingerprint density at radius 1 is 1.30 bits per heavy atom. The SMILES string of the molecule is COc1ccc2ncc(C#N)c(CCN3CC[C@@H](CNS(=O)(=O)c4ccc5c(c4)NC(=O)CS5)C3)c2c1. The number of hydrogen-bond donors (Lipinski definition) is 2. The van der Waals surface area contributed by atoms with E-state index in [4.69, 9.17) is 4.74 Å². The van der Waals surface area contributed by atoms with Gasteiger partial charge in [-0.15, -0.1) is 11.8 Å². The first-order valence-corrected chi connectivity index (χ1v) is 14.5. The maximum absolute atomic E-state index is 12.9. The molecule has 0 unspecified atom stereocenters. The van der Waals surface area contributed by atoms with Gasteiger partial charge in [-0.05, 0) is 67.3 Å². The summed E-state index contributed by atoms with van der Waals surface area (Å²) >= 11 is 1.40. The lowest BCUT2D eigenvalue weighted by Gasteiger charge is -2.18. The molecule has 0 spiro atoms. The Balaban J connectivity index is 1.20. The first-order chi connectivity index (χ1) is 17.9. The Labute approximate surface area is 220 Å². The van der Waals surface area contributed by atoms with Gasteiger partial charge in [-0.2, -0.15) is 5.26 Å². The van der Waals surface area contributed by atoms with E-state index in [1.54, 1.807) is 25.4 Å². The average molecular weight is 538 g/mol. The van der Waals surface area contributed by atoms with E-state index in [9.17, 15) is 18.5 Å². The van der Waals surface area contributed by atoms with E-state index in [0.29, 0.717) is 30.0 Å². The molecule has 0 saturated carbocycles. The highest BCUT2D eigenvalue weighted by atomic mass is 32.2. The summed E-state index contributed by atoms with van der Waals surface area (Å²) in [6.45, 7) is 2.74. The zero-order valence-electron chi connectivity index (χ0n) is 20.4. The number of nitrogens with one attached hydrogen (secondary N) is 2. The minimum Gasteiger partial charge on any atom is -0.497 e. The third-order valence-corrected chi connectivity index (χ3v) is 9.31. The quantitative estimate of drug-likeness (QED) is 0.449. The van der Waals surface area contributed by atoms with Crippen molar-refractivity contribution in [2.75, 3.05) is 44.4 Å². The number of ether oxygens (including phenoxy) is 1. The fourth-order valence-corrected chi connectivity index (χ4v) is 6.74. The number of hydrogen-bond acceptors (Lipinski definition) is 8. The molecule has 2 aliphatic heterocycles. The highest BCUT2D eigenvalue weighted by Crippen LogP contribution is 2.33. The molecule has 2 aromatic carbocycles. The standard InChI is InChI=1S/C26H27N5O4S2/c1-35-19-2-4-23-22(10-19)21(18(12-27)14-28-23)7-9-31-8-6-17(15-31)13-29-37(33,34)20-3-5-25-24(11-20)30-26(32)16-36-25/h2-5,10-11,14,17,29H,6-9,13,15-16H2,1H3,(H,30,32)/t17-/m0/s1. The molecule has 192 valence electrons. The van der Waals surface area contributed by atoms with Gasteiger partial charge in [0.15, 0.2) is 0 Å². The molecule has 2 N–H and O–H groups in total. The number of carbonyl (C=O) groups is 1. The van der Waals surface area contributed by atoms with Crippen LogP contribution in [0.1, 0.15) is 17.5 Å². The van der Waals surface area contributed by atoms with Gasteiger partial charge in [-0.1, -0.05) is 0 Å².